The van der Waals surface area contributed by atoms with Crippen molar-refractivity contribution in [3.8, 4) is 0 Å². The fourth-order valence-electron chi connectivity index (χ4n) is 2.39. The normalized spacial score (nSPS) is 12.0. The molecule has 0 bridgehead atoms. The van der Waals surface area contributed by atoms with Crippen LogP contribution in [0.4, 0.5) is 0 Å². The second-order valence-electron chi connectivity index (χ2n) is 5.63. The Bertz CT molecular complexity index is 938. The first-order valence-corrected chi connectivity index (χ1v) is 8.55. The van der Waals surface area contributed by atoms with Crippen LogP contribution in [-0.4, -0.2) is 27.9 Å². The van der Waals surface area contributed by atoms with Crippen molar-refractivity contribution in [1.82, 2.24) is 14.7 Å². The molecule has 6 nitrogen and oxygen atoms in total. The minimum atomic E-state index is -0.661. The lowest BCUT2D eigenvalue weighted by atomic mass is 10.1. The van der Waals surface area contributed by atoms with Crippen molar-refractivity contribution >= 4 is 40.7 Å². The van der Waals surface area contributed by atoms with Gasteiger partial charge >= 0.3 is 5.97 Å². The summed E-state index contributed by atoms with van der Waals surface area (Å²) in [6.45, 7) is 1.39. The third kappa shape index (κ3) is 4.15. The van der Waals surface area contributed by atoms with Gasteiger partial charge in [-0.15, -0.1) is 0 Å². The number of carbonyl (C=O) groups excluding carboxylic acids is 2. The maximum atomic E-state index is 12.0. The van der Waals surface area contributed by atoms with Gasteiger partial charge in [0.05, 0.1) is 16.1 Å². The van der Waals surface area contributed by atoms with Crippen molar-refractivity contribution in [3.63, 3.8) is 0 Å². The molecule has 0 aliphatic rings. The highest BCUT2D eigenvalue weighted by Gasteiger charge is 2.16. The van der Waals surface area contributed by atoms with Gasteiger partial charge in [-0.3, -0.25) is 4.79 Å². The predicted octanol–water partition coefficient (Wildman–Crippen LogP) is 3.68. The van der Waals surface area contributed by atoms with Gasteiger partial charge in [0, 0.05) is 12.4 Å². The Hall–Kier alpha value is -2.57. The highest BCUT2D eigenvalue weighted by molar-refractivity contribution is 6.42. The fraction of sp³-hybridized carbons (Fsp3) is 0.167. The molecule has 1 aromatic carbocycles. The van der Waals surface area contributed by atoms with E-state index in [1.807, 2.05) is 12.1 Å². The van der Waals surface area contributed by atoms with Gasteiger partial charge in [0.15, 0.2) is 12.3 Å². The number of pyridine rings is 1. The van der Waals surface area contributed by atoms with E-state index in [1.165, 1.54) is 0 Å². The Kier molecular flexibility index (Phi) is 5.44. The van der Waals surface area contributed by atoms with E-state index in [0.717, 1.165) is 5.56 Å². The molecule has 0 saturated carbocycles. The Labute approximate surface area is 159 Å². The number of benzene rings is 1. The standard InChI is InChI=1S/C18H15Cl2N3O3/c1-11(12-5-6-13(19)14(20)8-12)21-17(24)10-26-18(25)15-9-23-7-3-2-4-16(23)22-15/h2-9,11H,10H2,1H3,(H,21,24)/t11-/m1/s1. The van der Waals surface area contributed by atoms with E-state index < -0.39 is 18.5 Å². The molecule has 0 aliphatic carbocycles. The van der Waals surface area contributed by atoms with Gasteiger partial charge in [0.2, 0.25) is 0 Å². The van der Waals surface area contributed by atoms with Crippen molar-refractivity contribution in [3.05, 3.63) is 70.1 Å². The number of aromatic nitrogens is 2. The molecule has 3 rings (SSSR count). The molecule has 2 heterocycles. The minimum Gasteiger partial charge on any atom is -0.451 e. The lowest BCUT2D eigenvalue weighted by Gasteiger charge is -2.15. The number of imidazole rings is 1. The number of halogens is 2. The number of amides is 1. The summed E-state index contributed by atoms with van der Waals surface area (Å²) in [5, 5.41) is 3.58. The molecule has 0 radical (unpaired) electrons. The highest BCUT2D eigenvalue weighted by atomic mass is 35.5. The first-order chi connectivity index (χ1) is 12.4. The molecule has 2 aromatic heterocycles. The minimum absolute atomic E-state index is 0.140. The number of rotatable bonds is 5. The molecule has 26 heavy (non-hydrogen) atoms. The fourth-order valence-corrected chi connectivity index (χ4v) is 2.69. The molecule has 0 spiro atoms. The summed E-state index contributed by atoms with van der Waals surface area (Å²) in [6.07, 6.45) is 3.32. The average molecular weight is 392 g/mol. The van der Waals surface area contributed by atoms with E-state index >= 15 is 0 Å². The zero-order chi connectivity index (χ0) is 18.7. The van der Waals surface area contributed by atoms with Gasteiger partial charge in [-0.1, -0.05) is 35.3 Å². The van der Waals surface area contributed by atoms with Crippen LogP contribution in [0.1, 0.15) is 29.0 Å². The van der Waals surface area contributed by atoms with E-state index in [9.17, 15) is 9.59 Å². The maximum absolute atomic E-state index is 12.0. The molecule has 1 N–H and O–H groups in total. The van der Waals surface area contributed by atoms with Crippen LogP contribution in [0.5, 0.6) is 0 Å². The lowest BCUT2D eigenvalue weighted by Crippen LogP contribution is -2.31. The van der Waals surface area contributed by atoms with Crippen LogP contribution in [0.25, 0.3) is 5.65 Å². The molecule has 0 saturated heterocycles. The van der Waals surface area contributed by atoms with E-state index in [2.05, 4.69) is 10.3 Å². The summed E-state index contributed by atoms with van der Waals surface area (Å²) >= 11 is 11.9. The van der Waals surface area contributed by atoms with Gasteiger partial charge in [-0.05, 0) is 36.8 Å². The molecule has 8 heteroatoms. The van der Waals surface area contributed by atoms with Crippen LogP contribution in [0, 0.1) is 0 Å². The highest BCUT2D eigenvalue weighted by Crippen LogP contribution is 2.25. The lowest BCUT2D eigenvalue weighted by molar-refractivity contribution is -0.124. The molecule has 0 unspecified atom stereocenters. The van der Waals surface area contributed by atoms with Crippen LogP contribution in [-0.2, 0) is 9.53 Å². The second-order valence-corrected chi connectivity index (χ2v) is 6.45. The largest absolute Gasteiger partial charge is 0.451 e. The SMILES string of the molecule is C[C@@H](NC(=O)COC(=O)c1cn2ccccc2n1)c1ccc(Cl)c(Cl)c1. The Morgan fingerprint density at radius 3 is 2.77 bits per heavy atom. The van der Waals surface area contributed by atoms with Crippen LogP contribution < -0.4 is 5.32 Å². The van der Waals surface area contributed by atoms with Gasteiger partial charge < -0.3 is 14.5 Å². The smallest absolute Gasteiger partial charge is 0.359 e. The van der Waals surface area contributed by atoms with Gasteiger partial charge in [-0.2, -0.15) is 0 Å². The summed E-state index contributed by atoms with van der Waals surface area (Å²) in [6, 6.07) is 10.2. The Morgan fingerprint density at radius 2 is 2.04 bits per heavy atom. The number of nitrogens with zero attached hydrogens (tertiary/aromatic N) is 2. The number of hydrogen-bond acceptors (Lipinski definition) is 4. The van der Waals surface area contributed by atoms with Gasteiger partial charge in [-0.25, -0.2) is 9.78 Å². The van der Waals surface area contributed by atoms with Crippen LogP contribution >= 0.6 is 23.2 Å². The summed E-state index contributed by atoms with van der Waals surface area (Å²) < 4.78 is 6.72. The summed E-state index contributed by atoms with van der Waals surface area (Å²) in [7, 11) is 0. The summed E-state index contributed by atoms with van der Waals surface area (Å²) in [5.74, 6) is -1.09. The average Bonchev–Trinajstić information content (AvgIpc) is 3.06. The van der Waals surface area contributed by atoms with Crippen molar-refractivity contribution in [2.24, 2.45) is 0 Å². The number of ether oxygens (including phenoxy) is 1. The van der Waals surface area contributed by atoms with Crippen molar-refractivity contribution < 1.29 is 14.3 Å². The summed E-state index contributed by atoms with van der Waals surface area (Å²) in [4.78, 5) is 28.2. The van der Waals surface area contributed by atoms with Crippen LogP contribution in [0.3, 0.4) is 0 Å². The van der Waals surface area contributed by atoms with Crippen LogP contribution in [0.2, 0.25) is 10.0 Å². The zero-order valence-corrected chi connectivity index (χ0v) is 15.3. The second kappa shape index (κ2) is 7.76. The number of fused-ring (bicyclic) bond motifs is 1. The van der Waals surface area contributed by atoms with Crippen molar-refractivity contribution in [2.45, 2.75) is 13.0 Å². The molecule has 1 atom stereocenters. The van der Waals surface area contributed by atoms with Crippen molar-refractivity contribution in [1.29, 1.82) is 0 Å². The first-order valence-electron chi connectivity index (χ1n) is 7.79. The van der Waals surface area contributed by atoms with E-state index in [0.29, 0.717) is 15.7 Å². The molecule has 1 amide bonds. The number of carbonyl (C=O) groups is 2. The zero-order valence-electron chi connectivity index (χ0n) is 13.8. The topological polar surface area (TPSA) is 72.7 Å². The molecule has 134 valence electrons. The van der Waals surface area contributed by atoms with E-state index in [-0.39, 0.29) is 11.7 Å². The molecule has 3 aromatic rings. The Balaban J connectivity index is 1.56. The van der Waals surface area contributed by atoms with Gasteiger partial charge in [0.25, 0.3) is 5.91 Å². The predicted molar refractivity (Wildman–Crippen MR) is 98.5 cm³/mol. The number of esters is 1. The monoisotopic (exact) mass is 391 g/mol. The third-order valence-electron chi connectivity index (χ3n) is 3.73. The number of hydrogen-bond donors (Lipinski definition) is 1. The quantitative estimate of drug-likeness (QED) is 0.673. The van der Waals surface area contributed by atoms with Crippen molar-refractivity contribution in [2.75, 3.05) is 6.61 Å². The molecule has 0 aliphatic heterocycles. The first kappa shape index (κ1) is 18.2. The molecular weight excluding hydrogens is 377 g/mol. The number of nitrogens with one attached hydrogen (secondary N) is 1. The molecule has 0 fully saturated rings. The summed E-state index contributed by atoms with van der Waals surface area (Å²) in [5.41, 5.74) is 1.55. The van der Waals surface area contributed by atoms with Crippen LogP contribution in [0.15, 0.2) is 48.8 Å². The molecular formula is C18H15Cl2N3O3. The maximum Gasteiger partial charge on any atom is 0.359 e. The van der Waals surface area contributed by atoms with Gasteiger partial charge in [0.1, 0.15) is 5.65 Å². The van der Waals surface area contributed by atoms with E-state index in [4.69, 9.17) is 27.9 Å². The van der Waals surface area contributed by atoms with E-state index in [1.54, 1.807) is 48.0 Å². The Morgan fingerprint density at radius 1 is 1.23 bits per heavy atom. The third-order valence-corrected chi connectivity index (χ3v) is 4.47.